The van der Waals surface area contributed by atoms with Crippen molar-refractivity contribution in [1.29, 1.82) is 0 Å². The molecule has 0 spiro atoms. The monoisotopic (exact) mass is 337 g/mol. The Bertz CT molecular complexity index is 477. The summed E-state index contributed by atoms with van der Waals surface area (Å²) in [7, 11) is 1.84. The van der Waals surface area contributed by atoms with Crippen molar-refractivity contribution in [1.82, 2.24) is 20.5 Å². The van der Waals surface area contributed by atoms with Crippen LogP contribution < -0.4 is 10.6 Å². The Morgan fingerprint density at radius 1 is 1.39 bits per heavy atom. The first-order valence-electron chi connectivity index (χ1n) is 8.88. The van der Waals surface area contributed by atoms with Crippen LogP contribution in [0.15, 0.2) is 11.2 Å². The number of aryl methyl sites for hydroxylation is 1. The number of nitrogens with one attached hydrogen (secondary N) is 2. The molecule has 0 saturated carbocycles. The Balaban J connectivity index is 1.71. The lowest BCUT2D eigenvalue weighted by atomic mass is 10.0. The summed E-state index contributed by atoms with van der Waals surface area (Å²) in [5, 5.41) is 8.08. The number of aliphatic imine (C=N–C) groups is 1. The van der Waals surface area contributed by atoms with Crippen LogP contribution >= 0.6 is 11.3 Å². The Morgan fingerprint density at radius 2 is 2.17 bits per heavy atom. The van der Waals surface area contributed by atoms with Gasteiger partial charge in [0.15, 0.2) is 5.96 Å². The van der Waals surface area contributed by atoms with Gasteiger partial charge in [0, 0.05) is 37.3 Å². The highest BCUT2D eigenvalue weighted by Crippen LogP contribution is 2.13. The van der Waals surface area contributed by atoms with Gasteiger partial charge in [0.1, 0.15) is 5.01 Å². The lowest BCUT2D eigenvalue weighted by molar-refractivity contribution is 0.203. The van der Waals surface area contributed by atoms with Crippen molar-refractivity contribution in [2.75, 3.05) is 26.7 Å². The van der Waals surface area contributed by atoms with Gasteiger partial charge in [0.25, 0.3) is 0 Å². The van der Waals surface area contributed by atoms with E-state index in [2.05, 4.69) is 39.4 Å². The molecule has 1 aromatic rings. The number of likely N-dealkylation sites (tertiary alicyclic amines) is 1. The van der Waals surface area contributed by atoms with Crippen LogP contribution in [0.2, 0.25) is 0 Å². The Hall–Kier alpha value is -1.14. The zero-order chi connectivity index (χ0) is 16.5. The average Bonchev–Trinajstić information content (AvgIpc) is 3.06. The molecule has 0 aliphatic carbocycles. The molecule has 130 valence electrons. The smallest absolute Gasteiger partial charge is 0.191 e. The molecule has 1 aliphatic heterocycles. The molecule has 5 nitrogen and oxygen atoms in total. The summed E-state index contributed by atoms with van der Waals surface area (Å²) in [6.45, 7) is 8.82. The predicted octanol–water partition coefficient (Wildman–Crippen LogP) is 2.64. The van der Waals surface area contributed by atoms with Crippen LogP contribution in [-0.2, 0) is 13.0 Å². The molecule has 0 unspecified atom stereocenters. The van der Waals surface area contributed by atoms with Gasteiger partial charge in [-0.25, -0.2) is 4.98 Å². The molecule has 0 bridgehead atoms. The summed E-state index contributed by atoms with van der Waals surface area (Å²) in [4.78, 5) is 12.7. The number of rotatable bonds is 7. The second kappa shape index (κ2) is 9.88. The van der Waals surface area contributed by atoms with Crippen LogP contribution in [0.3, 0.4) is 0 Å². The maximum atomic E-state index is 4.45. The van der Waals surface area contributed by atoms with E-state index in [4.69, 9.17) is 0 Å². The first-order chi connectivity index (χ1) is 11.2. The van der Waals surface area contributed by atoms with Crippen LogP contribution in [0.4, 0.5) is 0 Å². The van der Waals surface area contributed by atoms with Crippen LogP contribution in [0.1, 0.15) is 49.4 Å². The number of guanidine groups is 1. The zero-order valence-electron chi connectivity index (χ0n) is 14.8. The fourth-order valence-electron chi connectivity index (χ4n) is 2.82. The van der Waals surface area contributed by atoms with Gasteiger partial charge in [-0.15, -0.1) is 11.3 Å². The molecular weight excluding hydrogens is 306 g/mol. The fraction of sp³-hybridized carbons (Fsp3) is 0.765. The summed E-state index contributed by atoms with van der Waals surface area (Å²) in [5.74, 6) is 0.894. The van der Waals surface area contributed by atoms with Gasteiger partial charge < -0.3 is 15.5 Å². The molecular formula is C17H31N5S. The Kier molecular flexibility index (Phi) is 7.82. The van der Waals surface area contributed by atoms with E-state index in [1.165, 1.54) is 50.2 Å². The SMILES string of the molecule is CCCCN1CCC(NC(=NC)NCc2ncc(CC)s2)CC1. The van der Waals surface area contributed by atoms with Gasteiger partial charge in [-0.05, 0) is 32.2 Å². The number of piperidine rings is 1. The largest absolute Gasteiger partial charge is 0.354 e. The maximum Gasteiger partial charge on any atom is 0.191 e. The van der Waals surface area contributed by atoms with Crippen molar-refractivity contribution >= 4 is 17.3 Å². The van der Waals surface area contributed by atoms with Gasteiger partial charge in [-0.2, -0.15) is 0 Å². The number of aromatic nitrogens is 1. The third-order valence-corrected chi connectivity index (χ3v) is 5.48. The van der Waals surface area contributed by atoms with Crippen molar-refractivity contribution in [3.63, 3.8) is 0 Å². The minimum absolute atomic E-state index is 0.529. The molecule has 0 aromatic carbocycles. The number of unbranched alkanes of at least 4 members (excludes halogenated alkanes) is 1. The van der Waals surface area contributed by atoms with Gasteiger partial charge >= 0.3 is 0 Å². The first-order valence-corrected chi connectivity index (χ1v) is 9.69. The second-order valence-corrected chi connectivity index (χ2v) is 7.31. The van der Waals surface area contributed by atoms with E-state index in [1.807, 2.05) is 13.2 Å². The molecule has 23 heavy (non-hydrogen) atoms. The molecule has 0 radical (unpaired) electrons. The molecule has 2 N–H and O–H groups in total. The van der Waals surface area contributed by atoms with E-state index in [1.54, 1.807) is 11.3 Å². The third kappa shape index (κ3) is 6.11. The zero-order valence-corrected chi connectivity index (χ0v) is 15.6. The van der Waals surface area contributed by atoms with E-state index in [-0.39, 0.29) is 0 Å². The number of thiazole rings is 1. The second-order valence-electron chi connectivity index (χ2n) is 6.11. The van der Waals surface area contributed by atoms with E-state index in [0.29, 0.717) is 6.04 Å². The highest BCUT2D eigenvalue weighted by Gasteiger charge is 2.19. The minimum Gasteiger partial charge on any atom is -0.354 e. The van der Waals surface area contributed by atoms with Crippen LogP contribution in [0.5, 0.6) is 0 Å². The molecule has 0 atom stereocenters. The van der Waals surface area contributed by atoms with Crippen LogP contribution in [0.25, 0.3) is 0 Å². The normalized spacial score (nSPS) is 17.4. The lowest BCUT2D eigenvalue weighted by Gasteiger charge is -2.33. The summed E-state index contributed by atoms with van der Waals surface area (Å²) in [6.07, 6.45) is 8.02. The van der Waals surface area contributed by atoms with Crippen LogP contribution in [0, 0.1) is 0 Å². The molecule has 1 fully saturated rings. The quantitative estimate of drug-likeness (QED) is 0.593. The molecule has 1 aromatic heterocycles. The molecule has 0 amide bonds. The van der Waals surface area contributed by atoms with Gasteiger partial charge in [0.2, 0.25) is 0 Å². The standard InChI is InChI=1S/C17H31N5S/c1-4-6-9-22-10-7-14(8-11-22)21-17(18-3)20-13-16-19-12-15(5-2)23-16/h12,14H,4-11,13H2,1-3H3,(H2,18,20,21). The maximum absolute atomic E-state index is 4.45. The summed E-state index contributed by atoms with van der Waals surface area (Å²) in [6, 6.07) is 0.529. The van der Waals surface area contributed by atoms with Crippen molar-refractivity contribution in [2.24, 2.45) is 4.99 Å². The molecule has 1 aliphatic rings. The van der Waals surface area contributed by atoms with Gasteiger partial charge in [0.05, 0.1) is 6.54 Å². The molecule has 2 heterocycles. The fourth-order valence-corrected chi connectivity index (χ4v) is 3.63. The number of hydrogen-bond donors (Lipinski definition) is 2. The summed E-state index contributed by atoms with van der Waals surface area (Å²) >= 11 is 1.78. The molecule has 6 heteroatoms. The molecule has 1 saturated heterocycles. The third-order valence-electron chi connectivity index (χ3n) is 4.34. The van der Waals surface area contributed by atoms with E-state index >= 15 is 0 Å². The van der Waals surface area contributed by atoms with Crippen molar-refractivity contribution in [3.05, 3.63) is 16.1 Å². The Labute approximate surface area is 144 Å². The lowest BCUT2D eigenvalue weighted by Crippen LogP contribution is -2.48. The number of nitrogens with zero attached hydrogens (tertiary/aromatic N) is 3. The highest BCUT2D eigenvalue weighted by molar-refractivity contribution is 7.11. The van der Waals surface area contributed by atoms with Crippen LogP contribution in [-0.4, -0.2) is 48.6 Å². The van der Waals surface area contributed by atoms with Crippen molar-refractivity contribution in [2.45, 2.75) is 58.5 Å². The van der Waals surface area contributed by atoms with Gasteiger partial charge in [-0.1, -0.05) is 20.3 Å². The predicted molar refractivity (Wildman–Crippen MR) is 99.2 cm³/mol. The minimum atomic E-state index is 0.529. The van der Waals surface area contributed by atoms with Crippen molar-refractivity contribution in [3.8, 4) is 0 Å². The van der Waals surface area contributed by atoms with E-state index < -0.39 is 0 Å². The van der Waals surface area contributed by atoms with E-state index in [0.717, 1.165) is 23.9 Å². The average molecular weight is 338 g/mol. The highest BCUT2D eigenvalue weighted by atomic mass is 32.1. The summed E-state index contributed by atoms with van der Waals surface area (Å²) in [5.41, 5.74) is 0. The topological polar surface area (TPSA) is 52.5 Å². The molecule has 2 rings (SSSR count). The first kappa shape index (κ1) is 18.2. The van der Waals surface area contributed by atoms with Crippen molar-refractivity contribution < 1.29 is 0 Å². The van der Waals surface area contributed by atoms with Gasteiger partial charge in [-0.3, -0.25) is 4.99 Å². The summed E-state index contributed by atoms with van der Waals surface area (Å²) < 4.78 is 0. The Morgan fingerprint density at radius 3 is 2.78 bits per heavy atom. The van der Waals surface area contributed by atoms with E-state index in [9.17, 15) is 0 Å². The number of hydrogen-bond acceptors (Lipinski definition) is 4.